The van der Waals surface area contributed by atoms with Crippen LogP contribution in [0.15, 0.2) is 60.8 Å². The lowest BCUT2D eigenvalue weighted by molar-refractivity contribution is 0.0911. The van der Waals surface area contributed by atoms with Crippen molar-refractivity contribution in [2.24, 2.45) is 0 Å². The lowest BCUT2D eigenvalue weighted by Gasteiger charge is -2.16. The number of aromatic nitrogens is 3. The third-order valence-electron chi connectivity index (χ3n) is 4.02. The average Bonchev–Trinajstić information content (AvgIpc) is 3.17. The highest BCUT2D eigenvalue weighted by atomic mass is 16.3. The van der Waals surface area contributed by atoms with Gasteiger partial charge in [-0.3, -0.25) is 4.79 Å². The number of carbonyl (C=O) groups is 1. The van der Waals surface area contributed by atoms with E-state index in [1.54, 1.807) is 10.9 Å². The van der Waals surface area contributed by atoms with Crippen LogP contribution in [0.4, 0.5) is 0 Å². The molecule has 0 radical (unpaired) electrons. The summed E-state index contributed by atoms with van der Waals surface area (Å²) in [6.07, 6.45) is 2.51. The minimum absolute atomic E-state index is 0.190. The first kappa shape index (κ1) is 16.9. The molecular weight excluding hydrogens is 316 g/mol. The van der Waals surface area contributed by atoms with Crippen molar-refractivity contribution >= 4 is 5.91 Å². The van der Waals surface area contributed by atoms with Gasteiger partial charge in [0.1, 0.15) is 0 Å². The Morgan fingerprint density at radius 2 is 1.88 bits per heavy atom. The Hall–Kier alpha value is -2.99. The van der Waals surface area contributed by atoms with Gasteiger partial charge in [0, 0.05) is 0 Å². The summed E-state index contributed by atoms with van der Waals surface area (Å²) in [7, 11) is 0. The van der Waals surface area contributed by atoms with Gasteiger partial charge in [-0.1, -0.05) is 54.6 Å². The van der Waals surface area contributed by atoms with E-state index in [-0.39, 0.29) is 18.2 Å². The van der Waals surface area contributed by atoms with Gasteiger partial charge in [-0.2, -0.15) is 0 Å². The molecule has 2 aromatic carbocycles. The van der Waals surface area contributed by atoms with Crippen LogP contribution in [0.5, 0.6) is 0 Å². The van der Waals surface area contributed by atoms with Gasteiger partial charge in [0.05, 0.1) is 24.5 Å². The molecule has 1 atom stereocenters. The number of hydrogen-bond donors (Lipinski definition) is 2. The number of carbonyl (C=O) groups excluding carboxylic acids is 1. The Kier molecular flexibility index (Phi) is 5.20. The monoisotopic (exact) mass is 336 g/mol. The number of hydrogen-bond acceptors (Lipinski definition) is 4. The molecule has 1 aromatic heterocycles. The summed E-state index contributed by atoms with van der Waals surface area (Å²) in [5.74, 6) is -0.374. The summed E-state index contributed by atoms with van der Waals surface area (Å²) >= 11 is 0. The second-order valence-electron chi connectivity index (χ2n) is 5.69. The standard InChI is InChI=1S/C19H20N4O2/c1-2-14-8-10-15(11-9-14)18(13-24)20-19(25)17-12-23(22-21-17)16-6-4-3-5-7-16/h3-12,18,24H,2,13H2,1H3,(H,20,25). The average molecular weight is 336 g/mol. The molecule has 0 aliphatic carbocycles. The van der Waals surface area contributed by atoms with Crippen LogP contribution in [0, 0.1) is 0 Å². The van der Waals surface area contributed by atoms with Crippen LogP contribution in [-0.2, 0) is 6.42 Å². The van der Waals surface area contributed by atoms with Crippen molar-refractivity contribution in [3.8, 4) is 5.69 Å². The third kappa shape index (κ3) is 3.92. The third-order valence-corrected chi connectivity index (χ3v) is 4.02. The zero-order valence-electron chi connectivity index (χ0n) is 14.0. The van der Waals surface area contributed by atoms with Crippen molar-refractivity contribution < 1.29 is 9.90 Å². The quantitative estimate of drug-likeness (QED) is 0.724. The summed E-state index contributed by atoms with van der Waals surface area (Å²) < 4.78 is 1.54. The Balaban J connectivity index is 1.73. The van der Waals surface area contributed by atoms with Gasteiger partial charge in [-0.25, -0.2) is 4.68 Å². The second-order valence-corrected chi connectivity index (χ2v) is 5.69. The lowest BCUT2D eigenvalue weighted by atomic mass is 10.0. The zero-order valence-corrected chi connectivity index (χ0v) is 14.0. The zero-order chi connectivity index (χ0) is 17.6. The smallest absolute Gasteiger partial charge is 0.274 e. The van der Waals surface area contributed by atoms with Gasteiger partial charge >= 0.3 is 0 Å². The fourth-order valence-corrected chi connectivity index (χ4v) is 2.53. The minimum Gasteiger partial charge on any atom is -0.394 e. The van der Waals surface area contributed by atoms with Crippen molar-refractivity contribution in [3.05, 3.63) is 77.6 Å². The number of aliphatic hydroxyl groups is 1. The fraction of sp³-hybridized carbons (Fsp3) is 0.211. The first-order chi connectivity index (χ1) is 12.2. The Labute approximate surface area is 146 Å². The molecule has 2 N–H and O–H groups in total. The molecule has 1 heterocycles. The van der Waals surface area contributed by atoms with Crippen LogP contribution in [-0.4, -0.2) is 32.6 Å². The molecule has 0 fully saturated rings. The number of rotatable bonds is 6. The van der Waals surface area contributed by atoms with Crippen LogP contribution in [0.3, 0.4) is 0 Å². The van der Waals surface area contributed by atoms with Gasteiger partial charge in [0.2, 0.25) is 0 Å². The summed E-state index contributed by atoms with van der Waals surface area (Å²) in [4.78, 5) is 12.4. The minimum atomic E-state index is -0.486. The van der Waals surface area contributed by atoms with Gasteiger partial charge in [-0.05, 0) is 29.7 Å². The Morgan fingerprint density at radius 1 is 1.16 bits per heavy atom. The predicted molar refractivity (Wildman–Crippen MR) is 94.5 cm³/mol. The molecule has 1 unspecified atom stereocenters. The van der Waals surface area contributed by atoms with E-state index in [9.17, 15) is 9.90 Å². The predicted octanol–water partition coefficient (Wildman–Crippen LogP) is 2.29. The molecule has 0 saturated heterocycles. The van der Waals surface area contributed by atoms with Crippen molar-refractivity contribution in [1.29, 1.82) is 0 Å². The molecule has 0 bridgehead atoms. The summed E-state index contributed by atoms with van der Waals surface area (Å²) in [5.41, 5.74) is 3.08. The second kappa shape index (κ2) is 7.72. The molecule has 128 valence electrons. The van der Waals surface area contributed by atoms with E-state index in [0.717, 1.165) is 17.7 Å². The van der Waals surface area contributed by atoms with Gasteiger partial charge in [0.15, 0.2) is 5.69 Å². The molecule has 25 heavy (non-hydrogen) atoms. The number of amides is 1. The molecule has 0 aliphatic rings. The van der Waals surface area contributed by atoms with Crippen LogP contribution < -0.4 is 5.32 Å². The van der Waals surface area contributed by atoms with Crippen LogP contribution in [0.2, 0.25) is 0 Å². The molecule has 6 nitrogen and oxygen atoms in total. The largest absolute Gasteiger partial charge is 0.394 e. The maximum absolute atomic E-state index is 12.4. The molecule has 1 amide bonds. The van der Waals surface area contributed by atoms with E-state index in [1.165, 1.54) is 5.56 Å². The molecule has 3 rings (SSSR count). The van der Waals surface area contributed by atoms with E-state index < -0.39 is 6.04 Å². The highest BCUT2D eigenvalue weighted by molar-refractivity contribution is 5.92. The van der Waals surface area contributed by atoms with Crippen LogP contribution in [0.25, 0.3) is 5.69 Å². The number of nitrogens with zero attached hydrogens (tertiary/aromatic N) is 3. The molecule has 0 aliphatic heterocycles. The van der Waals surface area contributed by atoms with E-state index >= 15 is 0 Å². The van der Waals surface area contributed by atoms with Crippen molar-refractivity contribution in [2.45, 2.75) is 19.4 Å². The fourth-order valence-electron chi connectivity index (χ4n) is 2.53. The van der Waals surface area contributed by atoms with Crippen molar-refractivity contribution in [2.75, 3.05) is 6.61 Å². The van der Waals surface area contributed by atoms with E-state index in [4.69, 9.17) is 0 Å². The summed E-state index contributed by atoms with van der Waals surface area (Å²) in [6, 6.07) is 16.8. The van der Waals surface area contributed by atoms with Crippen molar-refractivity contribution in [3.63, 3.8) is 0 Å². The molecule has 3 aromatic rings. The highest BCUT2D eigenvalue weighted by Gasteiger charge is 2.17. The molecule has 0 saturated carbocycles. The highest BCUT2D eigenvalue weighted by Crippen LogP contribution is 2.15. The Bertz CT molecular complexity index is 828. The normalized spacial score (nSPS) is 11.9. The first-order valence-corrected chi connectivity index (χ1v) is 8.19. The SMILES string of the molecule is CCc1ccc(C(CO)NC(=O)c2cn(-c3ccccc3)nn2)cc1. The van der Waals surface area contributed by atoms with Crippen LogP contribution in [0.1, 0.15) is 34.6 Å². The number of aliphatic hydroxyl groups excluding tert-OH is 1. The summed E-state index contributed by atoms with van der Waals surface area (Å²) in [5, 5.41) is 20.3. The molecular formula is C19H20N4O2. The lowest BCUT2D eigenvalue weighted by Crippen LogP contribution is -2.31. The first-order valence-electron chi connectivity index (χ1n) is 8.19. The Morgan fingerprint density at radius 3 is 2.52 bits per heavy atom. The summed E-state index contributed by atoms with van der Waals surface area (Å²) in [6.45, 7) is 1.89. The van der Waals surface area contributed by atoms with Gasteiger partial charge < -0.3 is 10.4 Å². The van der Waals surface area contributed by atoms with E-state index in [2.05, 4.69) is 22.6 Å². The molecule has 0 spiro atoms. The topological polar surface area (TPSA) is 80.0 Å². The van der Waals surface area contributed by atoms with E-state index in [1.807, 2.05) is 54.6 Å². The maximum Gasteiger partial charge on any atom is 0.274 e. The number of benzene rings is 2. The van der Waals surface area contributed by atoms with E-state index in [0.29, 0.717) is 0 Å². The maximum atomic E-state index is 12.4. The van der Waals surface area contributed by atoms with Crippen LogP contribution >= 0.6 is 0 Å². The van der Waals surface area contributed by atoms with Gasteiger partial charge in [0.25, 0.3) is 5.91 Å². The number of aryl methyl sites for hydroxylation is 1. The number of para-hydroxylation sites is 1. The molecule has 6 heteroatoms. The van der Waals surface area contributed by atoms with Crippen molar-refractivity contribution in [1.82, 2.24) is 20.3 Å². The number of nitrogens with one attached hydrogen (secondary N) is 1. The van der Waals surface area contributed by atoms with Gasteiger partial charge in [-0.15, -0.1) is 5.10 Å².